The second-order valence-corrected chi connectivity index (χ2v) is 3.67. The van der Waals surface area contributed by atoms with Gasteiger partial charge in [0, 0.05) is 11.4 Å². The van der Waals surface area contributed by atoms with Crippen molar-refractivity contribution in [1.29, 1.82) is 0 Å². The number of hydrogen-bond acceptors (Lipinski definition) is 6. The molecule has 0 bridgehead atoms. The van der Waals surface area contributed by atoms with Crippen molar-refractivity contribution in [1.82, 2.24) is 19.9 Å². The van der Waals surface area contributed by atoms with Gasteiger partial charge >= 0.3 is 0 Å². The lowest BCUT2D eigenvalue weighted by atomic mass is 10.3. The van der Waals surface area contributed by atoms with Crippen LogP contribution in [0.4, 0.5) is 0 Å². The number of aromatic nitrogens is 4. The van der Waals surface area contributed by atoms with E-state index in [9.17, 15) is 0 Å². The molecule has 0 saturated heterocycles. The van der Waals surface area contributed by atoms with Crippen LogP contribution < -0.4 is 10.6 Å². The third-order valence-corrected chi connectivity index (χ3v) is 2.48. The van der Waals surface area contributed by atoms with Gasteiger partial charge in [-0.25, -0.2) is 19.9 Å². The van der Waals surface area contributed by atoms with Crippen LogP contribution in [0.15, 0.2) is 24.4 Å². The first-order valence-corrected chi connectivity index (χ1v) is 5.19. The molecule has 0 aromatic carbocycles. The zero-order valence-corrected chi connectivity index (χ0v) is 9.15. The molecule has 2 N–H and O–H groups in total. The van der Waals surface area contributed by atoms with Crippen LogP contribution >= 0.6 is 0 Å². The molecule has 0 aliphatic heterocycles. The number of fused-ring (bicyclic) bond motifs is 2. The van der Waals surface area contributed by atoms with Crippen LogP contribution in [-0.4, -0.2) is 30.1 Å². The molecule has 0 fully saturated rings. The minimum Gasteiger partial charge on any atom is -0.515 e. The van der Waals surface area contributed by atoms with E-state index in [0.29, 0.717) is 32.9 Å². The zero-order valence-electron chi connectivity index (χ0n) is 9.15. The van der Waals surface area contributed by atoms with Crippen molar-refractivity contribution in [3.8, 4) is 0 Å². The average molecular weight is 240 g/mol. The molecule has 6 nitrogen and oxygen atoms in total. The lowest BCUT2D eigenvalue weighted by molar-refractivity contribution is 0.538. The highest BCUT2D eigenvalue weighted by atomic mass is 16.2. The average Bonchev–Trinajstić information content (AvgIpc) is 2.43. The summed E-state index contributed by atoms with van der Waals surface area (Å²) in [4.78, 5) is 16.8. The van der Waals surface area contributed by atoms with Gasteiger partial charge in [0.2, 0.25) is 0 Å². The van der Waals surface area contributed by atoms with Crippen LogP contribution in [0.3, 0.4) is 0 Å². The number of rotatable bonds is 0. The zero-order chi connectivity index (χ0) is 12.5. The van der Waals surface area contributed by atoms with Crippen LogP contribution in [0.25, 0.3) is 34.9 Å². The first-order valence-electron chi connectivity index (χ1n) is 5.19. The van der Waals surface area contributed by atoms with Crippen LogP contribution in [0.5, 0.6) is 0 Å². The molecule has 18 heavy (non-hydrogen) atoms. The number of pyridine rings is 2. The Morgan fingerprint density at radius 3 is 2.56 bits per heavy atom. The van der Waals surface area contributed by atoms with Crippen LogP contribution in [0, 0.1) is 0 Å². The van der Waals surface area contributed by atoms with E-state index >= 15 is 0 Å². The highest BCUT2D eigenvalue weighted by Gasteiger charge is 2.03. The summed E-state index contributed by atoms with van der Waals surface area (Å²) in [6.45, 7) is 0. The third kappa shape index (κ3) is 1.60. The molecule has 0 atom stereocenters. The van der Waals surface area contributed by atoms with Crippen LogP contribution in [0.2, 0.25) is 0 Å². The minimum atomic E-state index is 0.413. The summed E-state index contributed by atoms with van der Waals surface area (Å²) in [7, 11) is 0. The second-order valence-electron chi connectivity index (χ2n) is 3.67. The highest BCUT2D eigenvalue weighted by molar-refractivity contribution is 5.81. The Bertz CT molecular complexity index is 787. The molecule has 0 spiro atoms. The van der Waals surface area contributed by atoms with Gasteiger partial charge < -0.3 is 10.2 Å². The topological polar surface area (TPSA) is 92.0 Å². The summed E-state index contributed by atoms with van der Waals surface area (Å²) in [6, 6.07) is 5.03. The van der Waals surface area contributed by atoms with Crippen molar-refractivity contribution in [3.05, 3.63) is 35.0 Å². The first-order chi connectivity index (χ1) is 8.80. The fraction of sp³-hybridized carbons (Fsp3) is 0. The Hall–Kier alpha value is -2.76. The predicted molar refractivity (Wildman–Crippen MR) is 66.1 cm³/mol. The first kappa shape index (κ1) is 10.4. The molecule has 6 heteroatoms. The Balaban J connectivity index is 2.42. The SMILES string of the molecule is O/C=c1\cnc2nc3n/c(=C/O)ccc3nc2c1. The Morgan fingerprint density at radius 1 is 0.889 bits per heavy atom. The van der Waals surface area contributed by atoms with Crippen molar-refractivity contribution < 1.29 is 10.2 Å². The molecule has 0 unspecified atom stereocenters. The Labute approximate surface area is 101 Å². The van der Waals surface area contributed by atoms with Gasteiger partial charge in [0.25, 0.3) is 0 Å². The van der Waals surface area contributed by atoms with E-state index < -0.39 is 0 Å². The van der Waals surface area contributed by atoms with Crippen molar-refractivity contribution in [2.75, 3.05) is 0 Å². The van der Waals surface area contributed by atoms with Gasteiger partial charge in [-0.1, -0.05) is 0 Å². The lowest BCUT2D eigenvalue weighted by Gasteiger charge is -1.98. The van der Waals surface area contributed by atoms with Crippen LogP contribution in [0.1, 0.15) is 0 Å². The van der Waals surface area contributed by atoms with Crippen molar-refractivity contribution >= 4 is 34.9 Å². The fourth-order valence-corrected chi connectivity index (χ4v) is 1.63. The Kier molecular flexibility index (Phi) is 2.26. The molecule has 3 rings (SSSR count). The Morgan fingerprint density at radius 2 is 1.78 bits per heavy atom. The molecule has 0 aliphatic rings. The number of nitrogens with zero attached hydrogens (tertiary/aromatic N) is 4. The quantitative estimate of drug-likeness (QED) is 0.544. The molecular formula is C12H8N4O2. The van der Waals surface area contributed by atoms with Gasteiger partial charge in [-0.2, -0.15) is 0 Å². The van der Waals surface area contributed by atoms with E-state index in [2.05, 4.69) is 19.9 Å². The van der Waals surface area contributed by atoms with Crippen LogP contribution in [-0.2, 0) is 0 Å². The number of hydrogen-bond donors (Lipinski definition) is 2. The molecule has 3 aromatic rings. The van der Waals surface area contributed by atoms with Crippen molar-refractivity contribution in [2.24, 2.45) is 0 Å². The normalized spacial score (nSPS) is 13.6. The van der Waals surface area contributed by atoms with E-state index in [-0.39, 0.29) is 0 Å². The predicted octanol–water partition coefficient (Wildman–Crippen LogP) is 0.165. The van der Waals surface area contributed by atoms with Crippen molar-refractivity contribution in [2.45, 2.75) is 0 Å². The van der Waals surface area contributed by atoms with Gasteiger partial charge in [-0.3, -0.25) is 0 Å². The largest absolute Gasteiger partial charge is 0.515 e. The maximum Gasteiger partial charge on any atom is 0.181 e. The molecule has 3 aromatic heterocycles. The van der Waals surface area contributed by atoms with Gasteiger partial charge in [0.05, 0.1) is 11.6 Å². The smallest absolute Gasteiger partial charge is 0.181 e. The monoisotopic (exact) mass is 240 g/mol. The molecule has 88 valence electrons. The molecule has 3 heterocycles. The summed E-state index contributed by atoms with van der Waals surface area (Å²) in [5, 5.41) is 18.8. The van der Waals surface area contributed by atoms with E-state index in [0.717, 1.165) is 12.5 Å². The lowest BCUT2D eigenvalue weighted by Crippen LogP contribution is -2.08. The summed E-state index contributed by atoms with van der Waals surface area (Å²) in [5.41, 5.74) is 2.03. The van der Waals surface area contributed by atoms with Gasteiger partial charge in [0.15, 0.2) is 11.3 Å². The van der Waals surface area contributed by atoms with Gasteiger partial charge in [-0.05, 0) is 18.2 Å². The minimum absolute atomic E-state index is 0.413. The molecule has 0 radical (unpaired) electrons. The molecular weight excluding hydrogens is 232 g/mol. The summed E-state index contributed by atoms with van der Waals surface area (Å²) in [5.74, 6) is 0. The van der Waals surface area contributed by atoms with E-state index in [4.69, 9.17) is 10.2 Å². The maximum absolute atomic E-state index is 8.92. The van der Waals surface area contributed by atoms with Gasteiger partial charge in [-0.15, -0.1) is 0 Å². The summed E-state index contributed by atoms with van der Waals surface area (Å²) >= 11 is 0. The molecule has 0 aliphatic carbocycles. The second kappa shape index (κ2) is 3.92. The third-order valence-electron chi connectivity index (χ3n) is 2.48. The maximum atomic E-state index is 8.92. The van der Waals surface area contributed by atoms with E-state index in [1.165, 1.54) is 6.20 Å². The highest BCUT2D eigenvalue weighted by Crippen LogP contribution is 2.08. The van der Waals surface area contributed by atoms with E-state index in [1.54, 1.807) is 18.2 Å². The summed E-state index contributed by atoms with van der Waals surface area (Å²) in [6.07, 6.45) is 3.35. The van der Waals surface area contributed by atoms with E-state index in [1.807, 2.05) is 0 Å². The van der Waals surface area contributed by atoms with Crippen molar-refractivity contribution in [3.63, 3.8) is 0 Å². The summed E-state index contributed by atoms with van der Waals surface area (Å²) < 4.78 is 0. The fourth-order valence-electron chi connectivity index (χ4n) is 1.63. The number of aliphatic hydroxyl groups excluding tert-OH is 2. The van der Waals surface area contributed by atoms with Gasteiger partial charge in [0.1, 0.15) is 17.3 Å². The standard InChI is InChI=1S/C12H8N4O2/c17-5-7-3-10-11(13-4-7)16-12-9(15-10)2-1-8(6-18)14-12/h1-6,17-18H/b7-5-,8-6+. The molecule has 0 amide bonds. The number of aliphatic hydroxyl groups is 2. The molecule has 0 saturated carbocycles.